The second kappa shape index (κ2) is 7.61. The first-order chi connectivity index (χ1) is 13.5. The smallest absolute Gasteiger partial charge is 0.290 e. The van der Waals surface area contributed by atoms with Crippen molar-refractivity contribution in [2.45, 2.75) is 19.0 Å². The van der Waals surface area contributed by atoms with Gasteiger partial charge in [0, 0.05) is 5.69 Å². The number of H-pyrrole nitrogens is 1. The van der Waals surface area contributed by atoms with Gasteiger partial charge in [-0.3, -0.25) is 9.59 Å². The number of carbonyl (C=O) groups excluding carboxylic acids is 1. The largest absolute Gasteiger partial charge is 0.325 e. The van der Waals surface area contributed by atoms with Gasteiger partial charge in [-0.1, -0.05) is 35.5 Å². The second-order valence-corrected chi connectivity index (χ2v) is 8.18. The first-order valence-corrected chi connectivity index (χ1v) is 10.4. The number of aromatic amines is 1. The van der Waals surface area contributed by atoms with E-state index in [0.717, 1.165) is 21.7 Å². The topological polar surface area (TPSA) is 92.1 Å². The lowest BCUT2D eigenvalue weighted by Crippen LogP contribution is -2.17. The van der Waals surface area contributed by atoms with Crippen molar-refractivity contribution < 1.29 is 4.79 Å². The number of amides is 1. The van der Waals surface area contributed by atoms with Crippen LogP contribution in [-0.4, -0.2) is 31.5 Å². The van der Waals surface area contributed by atoms with Crippen molar-refractivity contribution in [2.24, 2.45) is 0 Å². The fourth-order valence-corrected chi connectivity index (χ4v) is 4.19. The molecule has 0 atom stereocenters. The zero-order valence-electron chi connectivity index (χ0n) is 15.2. The summed E-state index contributed by atoms with van der Waals surface area (Å²) in [6.07, 6.45) is 0. The van der Waals surface area contributed by atoms with Crippen LogP contribution in [0.3, 0.4) is 0 Å². The lowest BCUT2D eigenvalue weighted by Gasteiger charge is -2.09. The number of fused-ring (bicyclic) bond motifs is 1. The minimum Gasteiger partial charge on any atom is -0.325 e. The highest BCUT2D eigenvalue weighted by atomic mass is 32.2. The van der Waals surface area contributed by atoms with E-state index in [4.69, 9.17) is 0 Å². The van der Waals surface area contributed by atoms with Crippen molar-refractivity contribution >= 4 is 40.2 Å². The van der Waals surface area contributed by atoms with Crippen LogP contribution in [0.25, 0.3) is 16.1 Å². The Morgan fingerprint density at radius 2 is 2.14 bits per heavy atom. The predicted octanol–water partition coefficient (Wildman–Crippen LogP) is 3.49. The minimum absolute atomic E-state index is 0.148. The zero-order valence-corrected chi connectivity index (χ0v) is 16.9. The number of hydrogen-bond acceptors (Lipinski definition) is 6. The van der Waals surface area contributed by atoms with Gasteiger partial charge >= 0.3 is 0 Å². The van der Waals surface area contributed by atoms with Crippen LogP contribution in [-0.2, 0) is 4.79 Å². The minimum atomic E-state index is -0.320. The monoisotopic (exact) mass is 411 g/mol. The number of benzene rings is 1. The number of thioether (sulfide) groups is 1. The molecule has 0 fully saturated rings. The summed E-state index contributed by atoms with van der Waals surface area (Å²) in [7, 11) is 0. The first-order valence-electron chi connectivity index (χ1n) is 8.53. The van der Waals surface area contributed by atoms with E-state index < -0.39 is 0 Å². The number of anilines is 1. The molecule has 0 saturated heterocycles. The average molecular weight is 412 g/mol. The molecule has 0 aliphatic heterocycles. The number of nitrogens with zero attached hydrogens (tertiary/aromatic N) is 3. The molecule has 1 aromatic carbocycles. The average Bonchev–Trinajstić information content (AvgIpc) is 3.33. The number of rotatable bonds is 5. The molecule has 28 heavy (non-hydrogen) atoms. The summed E-state index contributed by atoms with van der Waals surface area (Å²) >= 11 is 2.76. The molecule has 7 nitrogen and oxygen atoms in total. The van der Waals surface area contributed by atoms with Crippen molar-refractivity contribution in [3.8, 4) is 10.6 Å². The van der Waals surface area contributed by atoms with Crippen LogP contribution in [0.4, 0.5) is 5.69 Å². The van der Waals surface area contributed by atoms with Crippen LogP contribution >= 0.6 is 23.1 Å². The third-order valence-corrected chi connectivity index (χ3v) is 5.96. The maximum Gasteiger partial charge on any atom is 0.290 e. The molecular weight excluding hydrogens is 394 g/mol. The van der Waals surface area contributed by atoms with Crippen LogP contribution in [0.5, 0.6) is 0 Å². The summed E-state index contributed by atoms with van der Waals surface area (Å²) in [5.41, 5.74) is 3.72. The van der Waals surface area contributed by atoms with Gasteiger partial charge < -0.3 is 5.32 Å². The molecule has 0 aliphatic rings. The lowest BCUT2D eigenvalue weighted by atomic mass is 10.1. The molecule has 0 saturated carbocycles. The van der Waals surface area contributed by atoms with E-state index in [1.54, 1.807) is 17.4 Å². The molecule has 1 amide bonds. The molecule has 4 aromatic rings. The normalized spacial score (nSPS) is 11.1. The van der Waals surface area contributed by atoms with E-state index in [-0.39, 0.29) is 17.2 Å². The molecule has 0 unspecified atom stereocenters. The Bertz CT molecular complexity index is 1210. The quantitative estimate of drug-likeness (QED) is 0.491. The Balaban J connectivity index is 1.54. The van der Waals surface area contributed by atoms with E-state index in [0.29, 0.717) is 16.4 Å². The summed E-state index contributed by atoms with van der Waals surface area (Å²) < 4.78 is 1.49. The Kier molecular flexibility index (Phi) is 5.01. The Morgan fingerprint density at radius 1 is 1.29 bits per heavy atom. The van der Waals surface area contributed by atoms with Gasteiger partial charge in [0.15, 0.2) is 0 Å². The van der Waals surface area contributed by atoms with E-state index >= 15 is 0 Å². The van der Waals surface area contributed by atoms with Crippen LogP contribution in [0.15, 0.2) is 51.7 Å². The van der Waals surface area contributed by atoms with Crippen LogP contribution in [0, 0.1) is 13.8 Å². The molecule has 0 aliphatic carbocycles. The molecule has 142 valence electrons. The summed E-state index contributed by atoms with van der Waals surface area (Å²) in [4.78, 5) is 25.4. The maximum atomic E-state index is 12.4. The summed E-state index contributed by atoms with van der Waals surface area (Å²) in [6, 6.07) is 11.5. The second-order valence-electron chi connectivity index (χ2n) is 6.29. The van der Waals surface area contributed by atoms with Gasteiger partial charge in [-0.2, -0.15) is 5.10 Å². The van der Waals surface area contributed by atoms with Gasteiger partial charge in [0.25, 0.3) is 5.56 Å². The van der Waals surface area contributed by atoms with Crippen molar-refractivity contribution in [3.63, 3.8) is 0 Å². The molecule has 2 N–H and O–H groups in total. The Labute approximate surface area is 168 Å². The standard InChI is InChI=1S/C19H17N5O2S2/c1-11-5-6-13(12(2)8-11)20-17(25)10-28-19-22-21-18(26)15-9-14(23-24(15)19)16-4-3-7-27-16/h3-9H,10H2,1-2H3,(H,20,25)(H,21,26). The van der Waals surface area contributed by atoms with E-state index in [1.165, 1.54) is 16.3 Å². The van der Waals surface area contributed by atoms with Crippen LogP contribution < -0.4 is 10.9 Å². The Hall–Kier alpha value is -2.91. The summed E-state index contributed by atoms with van der Waals surface area (Å²) in [6.45, 7) is 3.97. The van der Waals surface area contributed by atoms with Gasteiger partial charge in [-0.05, 0) is 43.0 Å². The molecule has 0 radical (unpaired) electrons. The molecule has 9 heteroatoms. The van der Waals surface area contributed by atoms with Crippen LogP contribution in [0.2, 0.25) is 0 Å². The highest BCUT2D eigenvalue weighted by Crippen LogP contribution is 2.25. The van der Waals surface area contributed by atoms with Gasteiger partial charge in [0.2, 0.25) is 11.1 Å². The van der Waals surface area contributed by atoms with Gasteiger partial charge in [0.05, 0.1) is 10.6 Å². The third kappa shape index (κ3) is 3.71. The fourth-order valence-electron chi connectivity index (χ4n) is 2.80. The highest BCUT2D eigenvalue weighted by molar-refractivity contribution is 7.99. The number of thiophene rings is 1. The predicted molar refractivity (Wildman–Crippen MR) is 112 cm³/mol. The van der Waals surface area contributed by atoms with Gasteiger partial charge in [-0.15, -0.1) is 16.4 Å². The highest BCUT2D eigenvalue weighted by Gasteiger charge is 2.14. The molecule has 4 rings (SSSR count). The summed E-state index contributed by atoms with van der Waals surface area (Å²) in [5, 5.41) is 16.3. The molecule has 0 spiro atoms. The van der Waals surface area contributed by atoms with Gasteiger partial charge in [-0.25, -0.2) is 9.61 Å². The van der Waals surface area contributed by atoms with Crippen molar-refractivity contribution in [1.29, 1.82) is 0 Å². The fraction of sp³-hybridized carbons (Fsp3) is 0.158. The first kappa shape index (κ1) is 18.5. The number of nitrogens with one attached hydrogen (secondary N) is 2. The number of carbonyl (C=O) groups is 1. The number of aryl methyl sites for hydroxylation is 2. The lowest BCUT2D eigenvalue weighted by molar-refractivity contribution is -0.113. The SMILES string of the molecule is Cc1ccc(NC(=O)CSc2n[nH]c(=O)c3cc(-c4cccs4)nn23)c(C)c1. The third-order valence-electron chi connectivity index (χ3n) is 4.14. The maximum absolute atomic E-state index is 12.4. The van der Waals surface area contributed by atoms with Crippen molar-refractivity contribution in [3.05, 3.63) is 63.3 Å². The van der Waals surface area contributed by atoms with E-state index in [2.05, 4.69) is 20.6 Å². The van der Waals surface area contributed by atoms with Crippen molar-refractivity contribution in [2.75, 3.05) is 11.1 Å². The van der Waals surface area contributed by atoms with Gasteiger partial charge in [0.1, 0.15) is 11.2 Å². The molecule has 3 aromatic heterocycles. The summed E-state index contributed by atoms with van der Waals surface area (Å²) in [5.74, 6) is -0.000848. The van der Waals surface area contributed by atoms with Crippen molar-refractivity contribution in [1.82, 2.24) is 19.8 Å². The van der Waals surface area contributed by atoms with Crippen LogP contribution in [0.1, 0.15) is 11.1 Å². The number of aromatic nitrogens is 4. The zero-order chi connectivity index (χ0) is 19.7. The number of hydrogen-bond donors (Lipinski definition) is 2. The Morgan fingerprint density at radius 3 is 2.89 bits per heavy atom. The van der Waals surface area contributed by atoms with E-state index in [1.807, 2.05) is 49.6 Å². The molecule has 0 bridgehead atoms. The van der Waals surface area contributed by atoms with E-state index in [9.17, 15) is 9.59 Å². The molecule has 3 heterocycles. The molecular formula is C19H17N5O2S2.